The number of nitrogens with two attached hydrogens (primary N) is 2. The third-order valence-electron chi connectivity index (χ3n) is 2.04. The van der Waals surface area contributed by atoms with Gasteiger partial charge in [0.2, 0.25) is 0 Å². The van der Waals surface area contributed by atoms with Gasteiger partial charge in [-0.25, -0.2) is 14.6 Å². The zero-order valence-corrected chi connectivity index (χ0v) is 10.5. The van der Waals surface area contributed by atoms with Crippen LogP contribution in [-0.4, -0.2) is 36.8 Å². The number of carbonyl (C=O) groups is 2. The SMILES string of the molecule is CCOC(=O)c1cc(N)cnc1NCCOC(N)=O. The van der Waals surface area contributed by atoms with Gasteiger partial charge in [-0.1, -0.05) is 0 Å². The predicted molar refractivity (Wildman–Crippen MR) is 68.6 cm³/mol. The number of pyridine rings is 1. The first kappa shape index (κ1) is 14.6. The Morgan fingerprint density at radius 1 is 1.42 bits per heavy atom. The highest BCUT2D eigenvalue weighted by Gasteiger charge is 2.14. The molecule has 1 heterocycles. The maximum atomic E-state index is 11.7. The van der Waals surface area contributed by atoms with E-state index in [0.717, 1.165) is 0 Å². The molecule has 1 aromatic rings. The van der Waals surface area contributed by atoms with Crippen LogP contribution in [0, 0.1) is 0 Å². The van der Waals surface area contributed by atoms with Gasteiger partial charge >= 0.3 is 12.1 Å². The molecule has 0 aliphatic carbocycles. The van der Waals surface area contributed by atoms with E-state index in [9.17, 15) is 9.59 Å². The van der Waals surface area contributed by atoms with Gasteiger partial charge in [0.25, 0.3) is 0 Å². The molecule has 0 radical (unpaired) electrons. The van der Waals surface area contributed by atoms with E-state index in [1.54, 1.807) is 6.92 Å². The van der Waals surface area contributed by atoms with E-state index < -0.39 is 12.1 Å². The largest absolute Gasteiger partial charge is 0.462 e. The standard InChI is InChI=1S/C11H16N4O4/c1-2-18-10(16)8-5-7(12)6-15-9(8)14-3-4-19-11(13)17/h5-6H,2-4,12H2,1H3,(H2,13,17)(H,14,15). The number of nitrogens with one attached hydrogen (secondary N) is 1. The number of primary amides is 1. The van der Waals surface area contributed by atoms with Gasteiger partial charge in [0.15, 0.2) is 0 Å². The molecule has 0 spiro atoms. The predicted octanol–water partition coefficient (Wildman–Crippen LogP) is 0.348. The molecular formula is C11H16N4O4. The maximum Gasteiger partial charge on any atom is 0.404 e. The van der Waals surface area contributed by atoms with Crippen molar-refractivity contribution in [2.75, 3.05) is 30.8 Å². The lowest BCUT2D eigenvalue weighted by Gasteiger charge is -2.10. The first-order chi connectivity index (χ1) is 9.04. The quantitative estimate of drug-likeness (QED) is 0.501. The summed E-state index contributed by atoms with van der Waals surface area (Å²) in [5.74, 6) is -0.221. The Balaban J connectivity index is 2.70. The van der Waals surface area contributed by atoms with Gasteiger partial charge in [0.1, 0.15) is 18.0 Å². The Morgan fingerprint density at radius 3 is 2.79 bits per heavy atom. The lowest BCUT2D eigenvalue weighted by atomic mass is 10.2. The molecule has 0 aliphatic rings. The molecule has 8 heteroatoms. The van der Waals surface area contributed by atoms with E-state index in [4.69, 9.17) is 16.2 Å². The molecular weight excluding hydrogens is 252 g/mol. The molecule has 0 saturated carbocycles. The molecule has 8 nitrogen and oxygen atoms in total. The summed E-state index contributed by atoms with van der Waals surface area (Å²) in [6, 6.07) is 1.46. The van der Waals surface area contributed by atoms with Crippen molar-refractivity contribution in [1.29, 1.82) is 0 Å². The van der Waals surface area contributed by atoms with Gasteiger partial charge in [0, 0.05) is 0 Å². The van der Waals surface area contributed by atoms with Crippen molar-refractivity contribution in [3.63, 3.8) is 0 Å². The number of aromatic nitrogens is 1. The normalized spacial score (nSPS) is 9.74. The first-order valence-electron chi connectivity index (χ1n) is 5.63. The minimum Gasteiger partial charge on any atom is -0.462 e. The number of nitrogens with zero attached hydrogens (tertiary/aromatic N) is 1. The molecule has 0 aliphatic heterocycles. The molecule has 0 unspecified atom stereocenters. The summed E-state index contributed by atoms with van der Waals surface area (Å²) in [6.45, 7) is 2.26. The highest BCUT2D eigenvalue weighted by atomic mass is 16.5. The fraction of sp³-hybridized carbons (Fsp3) is 0.364. The molecule has 0 aromatic carbocycles. The number of esters is 1. The molecule has 5 N–H and O–H groups in total. The van der Waals surface area contributed by atoms with E-state index in [1.807, 2.05) is 0 Å². The minimum atomic E-state index is -0.863. The van der Waals surface area contributed by atoms with E-state index in [2.05, 4.69) is 15.0 Å². The third-order valence-corrected chi connectivity index (χ3v) is 2.04. The summed E-state index contributed by atoms with van der Waals surface area (Å²) in [7, 11) is 0. The third kappa shape index (κ3) is 4.70. The highest BCUT2D eigenvalue weighted by Crippen LogP contribution is 2.16. The van der Waals surface area contributed by atoms with Crippen LogP contribution in [0.5, 0.6) is 0 Å². The average molecular weight is 268 g/mol. The summed E-state index contributed by atoms with van der Waals surface area (Å²) in [5.41, 5.74) is 11.0. The number of carbonyl (C=O) groups excluding carboxylic acids is 2. The Bertz CT molecular complexity index is 464. The highest BCUT2D eigenvalue weighted by molar-refractivity contribution is 5.95. The van der Waals surface area contributed by atoms with Crippen LogP contribution in [0.2, 0.25) is 0 Å². The summed E-state index contributed by atoms with van der Waals surface area (Å²) in [6.07, 6.45) is 0.540. The average Bonchev–Trinajstić information content (AvgIpc) is 2.36. The van der Waals surface area contributed by atoms with Crippen LogP contribution in [0.1, 0.15) is 17.3 Å². The number of rotatable bonds is 6. The molecule has 104 valence electrons. The zero-order chi connectivity index (χ0) is 14.3. The molecule has 19 heavy (non-hydrogen) atoms. The van der Waals surface area contributed by atoms with Crippen molar-refractivity contribution in [2.24, 2.45) is 5.73 Å². The smallest absolute Gasteiger partial charge is 0.404 e. The van der Waals surface area contributed by atoms with E-state index in [-0.39, 0.29) is 25.3 Å². The number of ether oxygens (including phenoxy) is 2. The Kier molecular flexibility index (Phi) is 5.39. The molecule has 0 saturated heterocycles. The van der Waals surface area contributed by atoms with Crippen LogP contribution < -0.4 is 16.8 Å². The molecule has 0 fully saturated rings. The molecule has 0 atom stereocenters. The monoisotopic (exact) mass is 268 g/mol. The van der Waals surface area contributed by atoms with Crippen LogP contribution in [-0.2, 0) is 9.47 Å². The summed E-state index contributed by atoms with van der Waals surface area (Å²) in [5, 5.41) is 2.83. The summed E-state index contributed by atoms with van der Waals surface area (Å²) >= 11 is 0. The van der Waals surface area contributed by atoms with Crippen LogP contribution >= 0.6 is 0 Å². The van der Waals surface area contributed by atoms with E-state index >= 15 is 0 Å². The second-order valence-corrected chi connectivity index (χ2v) is 3.48. The van der Waals surface area contributed by atoms with Gasteiger partial charge in [-0.2, -0.15) is 0 Å². The second kappa shape index (κ2) is 7.04. The van der Waals surface area contributed by atoms with Crippen LogP contribution in [0.4, 0.5) is 16.3 Å². The van der Waals surface area contributed by atoms with Crippen molar-refractivity contribution in [3.05, 3.63) is 17.8 Å². The van der Waals surface area contributed by atoms with Gasteiger partial charge in [-0.05, 0) is 13.0 Å². The van der Waals surface area contributed by atoms with Crippen LogP contribution in [0.25, 0.3) is 0 Å². The zero-order valence-electron chi connectivity index (χ0n) is 10.5. The summed E-state index contributed by atoms with van der Waals surface area (Å²) < 4.78 is 9.43. The second-order valence-electron chi connectivity index (χ2n) is 3.48. The van der Waals surface area contributed by atoms with E-state index in [1.165, 1.54) is 12.3 Å². The minimum absolute atomic E-state index is 0.0592. The van der Waals surface area contributed by atoms with Gasteiger partial charge in [0.05, 0.1) is 25.0 Å². The van der Waals surface area contributed by atoms with E-state index in [0.29, 0.717) is 11.5 Å². The number of hydrogen-bond donors (Lipinski definition) is 3. The topological polar surface area (TPSA) is 130 Å². The molecule has 1 aromatic heterocycles. The fourth-order valence-electron chi connectivity index (χ4n) is 1.31. The van der Waals surface area contributed by atoms with Crippen LogP contribution in [0.3, 0.4) is 0 Å². The lowest BCUT2D eigenvalue weighted by molar-refractivity contribution is 0.0527. The lowest BCUT2D eigenvalue weighted by Crippen LogP contribution is -2.20. The Morgan fingerprint density at radius 2 is 2.16 bits per heavy atom. The van der Waals surface area contributed by atoms with Crippen molar-refractivity contribution in [2.45, 2.75) is 6.92 Å². The van der Waals surface area contributed by atoms with Crippen molar-refractivity contribution in [1.82, 2.24) is 4.98 Å². The van der Waals surface area contributed by atoms with Crippen molar-refractivity contribution in [3.8, 4) is 0 Å². The number of nitrogen functional groups attached to an aromatic ring is 1. The molecule has 1 amide bonds. The number of anilines is 2. The molecule has 0 bridgehead atoms. The van der Waals surface area contributed by atoms with Crippen LogP contribution in [0.15, 0.2) is 12.3 Å². The van der Waals surface area contributed by atoms with Crippen molar-refractivity contribution < 1.29 is 19.1 Å². The number of hydrogen-bond acceptors (Lipinski definition) is 7. The van der Waals surface area contributed by atoms with Gasteiger partial charge < -0.3 is 26.3 Å². The number of amides is 1. The fourth-order valence-corrected chi connectivity index (χ4v) is 1.31. The first-order valence-corrected chi connectivity index (χ1v) is 5.63. The Labute approximate surface area is 110 Å². The van der Waals surface area contributed by atoms with Crippen molar-refractivity contribution >= 4 is 23.6 Å². The van der Waals surface area contributed by atoms with Gasteiger partial charge in [-0.15, -0.1) is 0 Å². The van der Waals surface area contributed by atoms with Gasteiger partial charge in [-0.3, -0.25) is 0 Å². The Hall–Kier alpha value is -2.51. The summed E-state index contributed by atoms with van der Waals surface area (Å²) in [4.78, 5) is 26.1. The maximum absolute atomic E-state index is 11.7. The molecule has 1 rings (SSSR count).